The second-order valence-electron chi connectivity index (χ2n) is 3.19. The number of aryl methyl sites for hydroxylation is 1. The van der Waals surface area contributed by atoms with E-state index >= 15 is 0 Å². The van der Waals surface area contributed by atoms with Crippen LogP contribution in [0.5, 0.6) is 0 Å². The van der Waals surface area contributed by atoms with Crippen molar-refractivity contribution in [1.29, 1.82) is 0 Å². The highest BCUT2D eigenvalue weighted by molar-refractivity contribution is 9.10. The third kappa shape index (κ3) is 2.02. The maximum atomic E-state index is 10.5. The number of pyridine rings is 1. The van der Waals surface area contributed by atoms with E-state index in [9.17, 15) is 4.79 Å². The second-order valence-corrected chi connectivity index (χ2v) is 4.00. The molecule has 0 fully saturated rings. The first-order valence-electron chi connectivity index (χ1n) is 4.51. The SMILES string of the molecule is O=C(O)CCc1cnc2cccc(Br)n12. The van der Waals surface area contributed by atoms with E-state index in [2.05, 4.69) is 20.9 Å². The van der Waals surface area contributed by atoms with Crippen LogP contribution in [-0.4, -0.2) is 20.5 Å². The van der Waals surface area contributed by atoms with Crippen LogP contribution in [0.1, 0.15) is 12.1 Å². The summed E-state index contributed by atoms with van der Waals surface area (Å²) in [5, 5.41) is 8.61. The average Bonchev–Trinajstić information content (AvgIpc) is 2.59. The molecular formula is C10H9BrN2O2. The quantitative estimate of drug-likeness (QED) is 0.868. The van der Waals surface area contributed by atoms with Gasteiger partial charge in [0.15, 0.2) is 0 Å². The molecule has 0 spiro atoms. The first-order chi connectivity index (χ1) is 7.18. The van der Waals surface area contributed by atoms with Gasteiger partial charge < -0.3 is 5.11 Å². The van der Waals surface area contributed by atoms with Crippen molar-refractivity contribution in [1.82, 2.24) is 9.38 Å². The van der Waals surface area contributed by atoms with Crippen molar-refractivity contribution in [3.8, 4) is 0 Å². The summed E-state index contributed by atoms with van der Waals surface area (Å²) < 4.78 is 2.79. The van der Waals surface area contributed by atoms with Crippen LogP contribution < -0.4 is 0 Å². The maximum absolute atomic E-state index is 10.5. The molecule has 0 saturated carbocycles. The van der Waals surface area contributed by atoms with Gasteiger partial charge in [0.05, 0.1) is 11.0 Å². The minimum atomic E-state index is -0.794. The number of fused-ring (bicyclic) bond motifs is 1. The largest absolute Gasteiger partial charge is 0.481 e. The Morgan fingerprint density at radius 3 is 3.07 bits per heavy atom. The zero-order valence-electron chi connectivity index (χ0n) is 7.85. The Morgan fingerprint density at radius 1 is 1.53 bits per heavy atom. The molecular weight excluding hydrogens is 260 g/mol. The van der Waals surface area contributed by atoms with E-state index < -0.39 is 5.97 Å². The third-order valence-electron chi connectivity index (χ3n) is 2.15. The molecule has 0 bridgehead atoms. The number of carboxylic acid groups (broad SMARTS) is 1. The first-order valence-corrected chi connectivity index (χ1v) is 5.30. The standard InChI is InChI=1S/C10H9BrN2O2/c11-8-2-1-3-9-12-6-7(13(8)9)4-5-10(14)15/h1-3,6H,4-5H2,(H,14,15). The Bertz CT molecular complexity index is 507. The number of nitrogens with zero attached hydrogens (tertiary/aromatic N) is 2. The summed E-state index contributed by atoms with van der Waals surface area (Å²) in [6, 6.07) is 5.68. The molecule has 0 radical (unpaired) electrons. The predicted octanol–water partition coefficient (Wildman–Crippen LogP) is 2.11. The van der Waals surface area contributed by atoms with Gasteiger partial charge in [0.1, 0.15) is 5.65 Å². The lowest BCUT2D eigenvalue weighted by atomic mass is 10.2. The fraction of sp³-hybridized carbons (Fsp3) is 0.200. The molecule has 2 aromatic heterocycles. The molecule has 0 aliphatic heterocycles. The van der Waals surface area contributed by atoms with Crippen molar-refractivity contribution in [2.24, 2.45) is 0 Å². The van der Waals surface area contributed by atoms with E-state index in [4.69, 9.17) is 5.11 Å². The van der Waals surface area contributed by atoms with Gasteiger partial charge in [0, 0.05) is 18.3 Å². The molecule has 0 amide bonds. The highest BCUT2D eigenvalue weighted by atomic mass is 79.9. The van der Waals surface area contributed by atoms with E-state index in [-0.39, 0.29) is 6.42 Å². The van der Waals surface area contributed by atoms with Gasteiger partial charge in [-0.2, -0.15) is 0 Å². The van der Waals surface area contributed by atoms with Crippen molar-refractivity contribution in [2.45, 2.75) is 12.8 Å². The molecule has 15 heavy (non-hydrogen) atoms. The van der Waals surface area contributed by atoms with Crippen molar-refractivity contribution in [2.75, 3.05) is 0 Å². The third-order valence-corrected chi connectivity index (χ3v) is 2.77. The summed E-state index contributed by atoms with van der Waals surface area (Å²) in [5.41, 5.74) is 1.73. The fourth-order valence-corrected chi connectivity index (χ4v) is 2.03. The topological polar surface area (TPSA) is 54.6 Å². The molecule has 0 unspecified atom stereocenters. The molecule has 0 aliphatic rings. The minimum absolute atomic E-state index is 0.120. The average molecular weight is 269 g/mol. The molecule has 2 aromatic rings. The zero-order valence-corrected chi connectivity index (χ0v) is 9.44. The van der Waals surface area contributed by atoms with Gasteiger partial charge in [0.25, 0.3) is 0 Å². The van der Waals surface area contributed by atoms with Crippen molar-refractivity contribution < 1.29 is 9.90 Å². The molecule has 0 saturated heterocycles. The first kappa shape index (κ1) is 10.2. The monoisotopic (exact) mass is 268 g/mol. The Kier molecular flexibility index (Phi) is 2.73. The highest BCUT2D eigenvalue weighted by Crippen LogP contribution is 2.16. The lowest BCUT2D eigenvalue weighted by Crippen LogP contribution is -2.00. The fourth-order valence-electron chi connectivity index (χ4n) is 1.47. The molecule has 5 heteroatoms. The highest BCUT2D eigenvalue weighted by Gasteiger charge is 2.07. The molecule has 2 heterocycles. The number of hydrogen-bond acceptors (Lipinski definition) is 2. The summed E-state index contributed by atoms with van der Waals surface area (Å²) in [7, 11) is 0. The number of carboxylic acids is 1. The second kappa shape index (κ2) is 4.02. The van der Waals surface area contributed by atoms with Crippen LogP contribution in [0.4, 0.5) is 0 Å². The Labute approximate surface area is 94.7 Å². The summed E-state index contributed by atoms with van der Waals surface area (Å²) in [4.78, 5) is 14.7. The molecule has 2 rings (SSSR count). The Morgan fingerprint density at radius 2 is 2.33 bits per heavy atom. The summed E-state index contributed by atoms with van der Waals surface area (Å²) >= 11 is 3.41. The Balaban J connectivity index is 2.39. The van der Waals surface area contributed by atoms with Crippen molar-refractivity contribution >= 4 is 27.5 Å². The van der Waals surface area contributed by atoms with Gasteiger partial charge in [0.2, 0.25) is 0 Å². The normalized spacial score (nSPS) is 10.7. The van der Waals surface area contributed by atoms with Crippen molar-refractivity contribution in [3.05, 3.63) is 34.7 Å². The molecule has 1 N–H and O–H groups in total. The van der Waals surface area contributed by atoms with Crippen LogP contribution in [0.15, 0.2) is 29.0 Å². The van der Waals surface area contributed by atoms with E-state index in [1.54, 1.807) is 6.20 Å². The van der Waals surface area contributed by atoms with Gasteiger partial charge in [-0.15, -0.1) is 0 Å². The minimum Gasteiger partial charge on any atom is -0.481 e. The maximum Gasteiger partial charge on any atom is 0.303 e. The molecule has 4 nitrogen and oxygen atoms in total. The van der Waals surface area contributed by atoms with E-state index in [1.807, 2.05) is 22.6 Å². The van der Waals surface area contributed by atoms with E-state index in [0.717, 1.165) is 15.9 Å². The number of carbonyl (C=O) groups is 1. The molecule has 0 atom stereocenters. The van der Waals surface area contributed by atoms with Crippen LogP contribution in [0.2, 0.25) is 0 Å². The molecule has 0 aliphatic carbocycles. The number of aliphatic carboxylic acids is 1. The lowest BCUT2D eigenvalue weighted by molar-refractivity contribution is -0.136. The van der Waals surface area contributed by atoms with Crippen LogP contribution in [0.25, 0.3) is 5.65 Å². The van der Waals surface area contributed by atoms with E-state index in [1.165, 1.54) is 0 Å². The van der Waals surface area contributed by atoms with Gasteiger partial charge in [-0.25, -0.2) is 4.98 Å². The smallest absolute Gasteiger partial charge is 0.303 e. The number of halogens is 1. The van der Waals surface area contributed by atoms with Gasteiger partial charge in [-0.1, -0.05) is 6.07 Å². The van der Waals surface area contributed by atoms with E-state index in [0.29, 0.717) is 6.42 Å². The Hall–Kier alpha value is -1.36. The lowest BCUT2D eigenvalue weighted by Gasteiger charge is -2.02. The van der Waals surface area contributed by atoms with Gasteiger partial charge in [-0.05, 0) is 28.1 Å². The van der Waals surface area contributed by atoms with Crippen LogP contribution >= 0.6 is 15.9 Å². The number of hydrogen-bond donors (Lipinski definition) is 1. The van der Waals surface area contributed by atoms with Gasteiger partial charge >= 0.3 is 5.97 Å². The summed E-state index contributed by atoms with van der Waals surface area (Å²) in [5.74, 6) is -0.794. The number of aromatic nitrogens is 2. The molecule has 78 valence electrons. The molecule has 0 aromatic carbocycles. The summed E-state index contributed by atoms with van der Waals surface area (Å²) in [6.07, 6.45) is 2.32. The van der Waals surface area contributed by atoms with Crippen molar-refractivity contribution in [3.63, 3.8) is 0 Å². The summed E-state index contributed by atoms with van der Waals surface area (Å²) in [6.45, 7) is 0. The number of imidazole rings is 1. The van der Waals surface area contributed by atoms with Crippen LogP contribution in [-0.2, 0) is 11.2 Å². The number of rotatable bonds is 3. The van der Waals surface area contributed by atoms with Crippen LogP contribution in [0.3, 0.4) is 0 Å². The predicted molar refractivity (Wildman–Crippen MR) is 58.8 cm³/mol. The zero-order chi connectivity index (χ0) is 10.8. The van der Waals surface area contributed by atoms with Gasteiger partial charge in [-0.3, -0.25) is 9.20 Å². The van der Waals surface area contributed by atoms with Crippen LogP contribution in [0, 0.1) is 0 Å².